The van der Waals surface area contributed by atoms with E-state index >= 15 is 0 Å². The highest BCUT2D eigenvalue weighted by molar-refractivity contribution is 5.89. The smallest absolute Gasteiger partial charge is 0.328 e. The second-order valence-corrected chi connectivity index (χ2v) is 1.51. The first-order valence-corrected chi connectivity index (χ1v) is 2.77. The predicted molar refractivity (Wildman–Crippen MR) is 43.0 cm³/mol. The summed E-state index contributed by atoms with van der Waals surface area (Å²) in [7, 11) is 3.75. The molecular formula is C6H13NO5. The van der Waals surface area contributed by atoms with Gasteiger partial charge in [-0.1, -0.05) is 0 Å². The van der Waals surface area contributed by atoms with Crippen molar-refractivity contribution in [3.63, 3.8) is 0 Å². The summed E-state index contributed by atoms with van der Waals surface area (Å²) in [5.74, 6) is -2.51. The summed E-state index contributed by atoms with van der Waals surface area (Å²) < 4.78 is 0. The number of hydrogen-bond acceptors (Lipinski definition) is 3. The van der Waals surface area contributed by atoms with Crippen LogP contribution in [0, 0.1) is 0 Å². The molecule has 0 bridgehead atoms. The maximum Gasteiger partial charge on any atom is 0.328 e. The highest BCUT2D eigenvalue weighted by atomic mass is 16.4. The van der Waals surface area contributed by atoms with Crippen LogP contribution in [0.25, 0.3) is 0 Å². The maximum absolute atomic E-state index is 9.55. The van der Waals surface area contributed by atoms with Crippen molar-refractivity contribution in [2.45, 2.75) is 0 Å². The lowest BCUT2D eigenvalue weighted by Gasteiger charge is -1.74. The number of hydrogen-bond donors (Lipinski definition) is 3. The van der Waals surface area contributed by atoms with E-state index in [-0.39, 0.29) is 5.48 Å². The lowest BCUT2D eigenvalue weighted by Crippen LogP contribution is -1.91. The van der Waals surface area contributed by atoms with Crippen molar-refractivity contribution in [2.24, 2.45) is 0 Å². The molecule has 0 fully saturated rings. The normalized spacial score (nSPS) is 7.83. The molecule has 0 aliphatic heterocycles. The molecule has 6 nitrogen and oxygen atoms in total. The third-order valence-electron chi connectivity index (χ3n) is 0.368. The van der Waals surface area contributed by atoms with Crippen LogP contribution in [0.2, 0.25) is 0 Å². The minimum Gasteiger partial charge on any atom is -0.478 e. The van der Waals surface area contributed by atoms with Crippen LogP contribution in [-0.2, 0) is 9.59 Å². The fraction of sp³-hybridized carbons (Fsp3) is 0.333. The van der Waals surface area contributed by atoms with Crippen molar-refractivity contribution in [1.29, 1.82) is 0 Å². The zero-order valence-corrected chi connectivity index (χ0v) is 6.87. The van der Waals surface area contributed by atoms with Gasteiger partial charge in [0, 0.05) is 12.2 Å². The van der Waals surface area contributed by atoms with Crippen LogP contribution < -0.4 is 5.32 Å². The van der Waals surface area contributed by atoms with Crippen molar-refractivity contribution in [3.05, 3.63) is 12.2 Å². The van der Waals surface area contributed by atoms with Gasteiger partial charge in [-0.15, -0.1) is 0 Å². The van der Waals surface area contributed by atoms with Crippen LogP contribution >= 0.6 is 0 Å². The highest BCUT2D eigenvalue weighted by Crippen LogP contribution is 1.70. The van der Waals surface area contributed by atoms with Gasteiger partial charge >= 0.3 is 11.9 Å². The van der Waals surface area contributed by atoms with E-state index in [1.165, 1.54) is 0 Å². The van der Waals surface area contributed by atoms with E-state index in [1.807, 2.05) is 14.1 Å². The van der Waals surface area contributed by atoms with Crippen LogP contribution in [0.4, 0.5) is 0 Å². The molecule has 0 aliphatic carbocycles. The van der Waals surface area contributed by atoms with Crippen LogP contribution in [0.5, 0.6) is 0 Å². The molecule has 12 heavy (non-hydrogen) atoms. The van der Waals surface area contributed by atoms with Gasteiger partial charge in [0.25, 0.3) is 0 Å². The third kappa shape index (κ3) is 38.3. The SMILES string of the molecule is CNC.O.O=C(O)/C=C/C(=O)O. The number of carboxylic acid groups (broad SMARTS) is 2. The van der Waals surface area contributed by atoms with Crippen molar-refractivity contribution in [3.8, 4) is 0 Å². The Morgan fingerprint density at radius 2 is 1.25 bits per heavy atom. The summed E-state index contributed by atoms with van der Waals surface area (Å²) in [6.07, 6.45) is 1.12. The van der Waals surface area contributed by atoms with Crippen LogP contribution in [0.3, 0.4) is 0 Å². The topological polar surface area (TPSA) is 118 Å². The Morgan fingerprint density at radius 3 is 1.33 bits per heavy atom. The van der Waals surface area contributed by atoms with Crippen molar-refractivity contribution < 1.29 is 25.3 Å². The molecule has 0 atom stereocenters. The van der Waals surface area contributed by atoms with Gasteiger partial charge in [-0.25, -0.2) is 9.59 Å². The van der Waals surface area contributed by atoms with E-state index in [4.69, 9.17) is 10.2 Å². The molecule has 0 rings (SSSR count). The first-order chi connectivity index (χ1) is 5.04. The van der Waals surface area contributed by atoms with E-state index in [9.17, 15) is 9.59 Å². The van der Waals surface area contributed by atoms with E-state index in [1.54, 1.807) is 0 Å². The van der Waals surface area contributed by atoms with Crippen molar-refractivity contribution in [2.75, 3.05) is 14.1 Å². The second kappa shape index (κ2) is 12.3. The molecule has 0 saturated carbocycles. The molecule has 0 saturated heterocycles. The number of nitrogens with one attached hydrogen (secondary N) is 1. The Balaban J connectivity index is -0.000000177. The molecule has 0 heterocycles. The molecule has 6 heteroatoms. The molecule has 0 amide bonds. The molecular weight excluding hydrogens is 166 g/mol. The standard InChI is InChI=1S/C4H4O4.C2H7N.H2O/c5-3(6)1-2-4(7)8;1-3-2;/h1-2H,(H,5,6)(H,7,8);3H,1-2H3;1H2/b2-1+;;. The van der Waals surface area contributed by atoms with Crippen LogP contribution in [-0.4, -0.2) is 41.7 Å². The van der Waals surface area contributed by atoms with Gasteiger partial charge in [0.05, 0.1) is 0 Å². The zero-order chi connectivity index (χ0) is 9.28. The van der Waals surface area contributed by atoms with E-state index in [0.717, 1.165) is 0 Å². The number of carbonyl (C=O) groups is 2. The first-order valence-electron chi connectivity index (χ1n) is 2.77. The monoisotopic (exact) mass is 179 g/mol. The van der Waals surface area contributed by atoms with E-state index in [0.29, 0.717) is 12.2 Å². The molecule has 5 N–H and O–H groups in total. The number of aliphatic carboxylic acids is 2. The molecule has 0 aromatic rings. The molecule has 0 unspecified atom stereocenters. The van der Waals surface area contributed by atoms with Crippen molar-refractivity contribution >= 4 is 11.9 Å². The van der Waals surface area contributed by atoms with Gasteiger partial charge in [0.15, 0.2) is 0 Å². The van der Waals surface area contributed by atoms with Gasteiger partial charge in [0.1, 0.15) is 0 Å². The molecule has 0 aromatic heterocycles. The highest BCUT2D eigenvalue weighted by Gasteiger charge is 1.88. The Kier molecular flexibility index (Phi) is 17.3. The Hall–Kier alpha value is -1.40. The quantitative estimate of drug-likeness (QED) is 0.456. The predicted octanol–water partition coefficient (Wildman–Crippen LogP) is -1.28. The van der Waals surface area contributed by atoms with Gasteiger partial charge in [0.2, 0.25) is 0 Å². The molecule has 0 aliphatic rings. The van der Waals surface area contributed by atoms with E-state index in [2.05, 4.69) is 5.32 Å². The fourth-order valence-electron chi connectivity index (χ4n) is 0.143. The summed E-state index contributed by atoms with van der Waals surface area (Å²) in [6, 6.07) is 0. The van der Waals surface area contributed by atoms with E-state index < -0.39 is 11.9 Å². The Morgan fingerprint density at radius 1 is 1.08 bits per heavy atom. The Bertz CT molecular complexity index is 138. The number of rotatable bonds is 2. The van der Waals surface area contributed by atoms with Gasteiger partial charge in [-0.3, -0.25) is 0 Å². The van der Waals surface area contributed by atoms with Crippen molar-refractivity contribution in [1.82, 2.24) is 5.32 Å². The maximum atomic E-state index is 9.55. The summed E-state index contributed by atoms with van der Waals surface area (Å²) in [6.45, 7) is 0. The largest absolute Gasteiger partial charge is 0.478 e. The average molecular weight is 179 g/mol. The molecule has 0 spiro atoms. The Labute approximate surface area is 69.8 Å². The minimum atomic E-state index is -1.26. The molecule has 72 valence electrons. The van der Waals surface area contributed by atoms with Crippen LogP contribution in [0.1, 0.15) is 0 Å². The summed E-state index contributed by atoms with van der Waals surface area (Å²) >= 11 is 0. The summed E-state index contributed by atoms with van der Waals surface area (Å²) in [5.41, 5.74) is 0. The van der Waals surface area contributed by atoms with Gasteiger partial charge in [-0.2, -0.15) is 0 Å². The lowest BCUT2D eigenvalue weighted by molar-refractivity contribution is -0.134. The lowest BCUT2D eigenvalue weighted by atomic mass is 10.5. The first kappa shape index (κ1) is 16.9. The summed E-state index contributed by atoms with van der Waals surface area (Å²) in [4.78, 5) is 19.1. The third-order valence-corrected chi connectivity index (χ3v) is 0.368. The zero-order valence-electron chi connectivity index (χ0n) is 6.87. The molecule has 0 radical (unpaired) electrons. The second-order valence-electron chi connectivity index (χ2n) is 1.51. The fourth-order valence-corrected chi connectivity index (χ4v) is 0.143. The minimum absolute atomic E-state index is 0. The number of carboxylic acids is 2. The van der Waals surface area contributed by atoms with Gasteiger partial charge in [-0.05, 0) is 14.1 Å². The summed E-state index contributed by atoms with van der Waals surface area (Å²) in [5, 5.41) is 18.4. The van der Waals surface area contributed by atoms with Crippen LogP contribution in [0.15, 0.2) is 12.2 Å². The molecule has 0 aromatic carbocycles. The van der Waals surface area contributed by atoms with Gasteiger partial charge < -0.3 is 21.0 Å². The average Bonchev–Trinajstić information content (AvgIpc) is 1.85.